The van der Waals surface area contributed by atoms with Gasteiger partial charge < -0.3 is 4.74 Å². The van der Waals surface area contributed by atoms with E-state index in [1.807, 2.05) is 0 Å². The molecule has 1 N–H and O–H groups in total. The molecule has 0 aromatic heterocycles. The third kappa shape index (κ3) is 7.15. The number of ether oxygens (including phenoxy) is 1. The fourth-order valence-corrected chi connectivity index (χ4v) is 1.32. The molecule has 0 aliphatic rings. The highest BCUT2D eigenvalue weighted by Crippen LogP contribution is 2.12. The standard InChI is InChI=1S/C10H20ClNO2/c1-3-5-6-9(4-2)8-14-10(13)7-12-11/h9,12H,3-8H2,1-2H3. The lowest BCUT2D eigenvalue weighted by Crippen LogP contribution is -2.21. The second kappa shape index (κ2) is 9.28. The molecule has 0 rings (SSSR count). The molecule has 0 heterocycles. The minimum Gasteiger partial charge on any atom is -0.464 e. The molecule has 1 unspecified atom stereocenters. The molecule has 0 bridgehead atoms. The van der Waals surface area contributed by atoms with Gasteiger partial charge in [-0.05, 0) is 24.1 Å². The van der Waals surface area contributed by atoms with E-state index in [0.717, 1.165) is 12.8 Å². The molecular weight excluding hydrogens is 202 g/mol. The van der Waals surface area contributed by atoms with Crippen molar-refractivity contribution in [1.82, 2.24) is 4.84 Å². The van der Waals surface area contributed by atoms with Gasteiger partial charge in [-0.1, -0.05) is 33.1 Å². The molecule has 0 fully saturated rings. The van der Waals surface area contributed by atoms with E-state index in [1.54, 1.807) is 0 Å². The zero-order valence-corrected chi connectivity index (χ0v) is 9.77. The van der Waals surface area contributed by atoms with Gasteiger partial charge >= 0.3 is 5.97 Å². The Morgan fingerprint density at radius 2 is 2.21 bits per heavy atom. The first kappa shape index (κ1) is 13.7. The van der Waals surface area contributed by atoms with Gasteiger partial charge in [-0.2, -0.15) is 0 Å². The van der Waals surface area contributed by atoms with Crippen LogP contribution >= 0.6 is 11.8 Å². The Bertz CT molecular complexity index is 153. The van der Waals surface area contributed by atoms with Crippen LogP contribution in [-0.4, -0.2) is 19.1 Å². The molecule has 84 valence electrons. The van der Waals surface area contributed by atoms with Crippen molar-refractivity contribution in [3.05, 3.63) is 0 Å². The van der Waals surface area contributed by atoms with E-state index < -0.39 is 0 Å². The molecule has 0 aromatic carbocycles. The van der Waals surface area contributed by atoms with Crippen LogP contribution in [0.1, 0.15) is 39.5 Å². The van der Waals surface area contributed by atoms with Crippen LogP contribution in [0.2, 0.25) is 0 Å². The SMILES string of the molecule is CCCCC(CC)COC(=O)CNCl. The number of hydrogen-bond acceptors (Lipinski definition) is 3. The molecule has 0 saturated heterocycles. The fourth-order valence-electron chi connectivity index (χ4n) is 1.21. The van der Waals surface area contributed by atoms with E-state index in [9.17, 15) is 4.79 Å². The molecule has 14 heavy (non-hydrogen) atoms. The molecule has 0 aromatic rings. The van der Waals surface area contributed by atoms with Gasteiger partial charge in [0, 0.05) is 0 Å². The maximum Gasteiger partial charge on any atom is 0.321 e. The van der Waals surface area contributed by atoms with Crippen molar-refractivity contribution in [1.29, 1.82) is 0 Å². The van der Waals surface area contributed by atoms with Crippen molar-refractivity contribution in [2.45, 2.75) is 39.5 Å². The van der Waals surface area contributed by atoms with Crippen LogP contribution in [0.5, 0.6) is 0 Å². The third-order valence-corrected chi connectivity index (χ3v) is 2.37. The van der Waals surface area contributed by atoms with Gasteiger partial charge in [-0.3, -0.25) is 4.79 Å². The van der Waals surface area contributed by atoms with E-state index in [-0.39, 0.29) is 12.5 Å². The Balaban J connectivity index is 3.55. The summed E-state index contributed by atoms with van der Waals surface area (Å²) < 4.78 is 5.05. The minimum absolute atomic E-state index is 0.0752. The molecule has 1 atom stereocenters. The normalized spacial score (nSPS) is 12.5. The topological polar surface area (TPSA) is 38.3 Å². The zero-order valence-electron chi connectivity index (χ0n) is 9.01. The molecule has 0 amide bonds. The predicted molar refractivity (Wildman–Crippen MR) is 58.1 cm³/mol. The lowest BCUT2D eigenvalue weighted by molar-refractivity contribution is -0.143. The second-order valence-electron chi connectivity index (χ2n) is 3.41. The summed E-state index contributed by atoms with van der Waals surface area (Å²) >= 11 is 5.18. The van der Waals surface area contributed by atoms with Crippen LogP contribution in [0, 0.1) is 5.92 Å². The summed E-state index contributed by atoms with van der Waals surface area (Å²) in [7, 11) is 0. The monoisotopic (exact) mass is 221 g/mol. The third-order valence-electron chi connectivity index (χ3n) is 2.23. The van der Waals surface area contributed by atoms with Gasteiger partial charge in [0.2, 0.25) is 0 Å². The molecule has 0 aliphatic carbocycles. The fraction of sp³-hybridized carbons (Fsp3) is 0.900. The largest absolute Gasteiger partial charge is 0.464 e. The van der Waals surface area contributed by atoms with Crippen LogP contribution in [0.15, 0.2) is 0 Å². The summed E-state index contributed by atoms with van der Waals surface area (Å²) in [6.07, 6.45) is 4.58. The number of hydrogen-bond donors (Lipinski definition) is 1. The Morgan fingerprint density at radius 3 is 2.71 bits per heavy atom. The average Bonchev–Trinajstić information content (AvgIpc) is 2.19. The highest BCUT2D eigenvalue weighted by atomic mass is 35.5. The van der Waals surface area contributed by atoms with E-state index in [4.69, 9.17) is 16.5 Å². The molecule has 4 heteroatoms. The minimum atomic E-state index is -0.282. The predicted octanol–water partition coefficient (Wildman–Crippen LogP) is 2.49. The summed E-state index contributed by atoms with van der Waals surface area (Å²) in [5.74, 6) is 0.212. The Morgan fingerprint density at radius 1 is 1.50 bits per heavy atom. The van der Waals surface area contributed by atoms with Crippen LogP contribution in [-0.2, 0) is 9.53 Å². The number of halogens is 1. The van der Waals surface area contributed by atoms with E-state index in [2.05, 4.69) is 18.7 Å². The van der Waals surface area contributed by atoms with Crippen LogP contribution in [0.4, 0.5) is 0 Å². The summed E-state index contributed by atoms with van der Waals surface area (Å²) in [6, 6.07) is 0. The van der Waals surface area contributed by atoms with Crippen molar-refractivity contribution in [2.75, 3.05) is 13.2 Å². The number of nitrogens with one attached hydrogen (secondary N) is 1. The quantitative estimate of drug-likeness (QED) is 0.506. The van der Waals surface area contributed by atoms with E-state index in [1.165, 1.54) is 12.8 Å². The first-order valence-electron chi connectivity index (χ1n) is 5.23. The van der Waals surface area contributed by atoms with Gasteiger partial charge in [0.05, 0.1) is 6.61 Å². The van der Waals surface area contributed by atoms with Crippen molar-refractivity contribution in [3.63, 3.8) is 0 Å². The smallest absolute Gasteiger partial charge is 0.321 e. The summed E-state index contributed by atoms with van der Waals surface area (Å²) in [5, 5.41) is 0. The number of carbonyl (C=O) groups is 1. The Kier molecular flexibility index (Phi) is 9.10. The van der Waals surface area contributed by atoms with Crippen molar-refractivity contribution < 1.29 is 9.53 Å². The number of unbranched alkanes of at least 4 members (excludes halogenated alkanes) is 1. The average molecular weight is 222 g/mol. The summed E-state index contributed by atoms with van der Waals surface area (Å²) in [6.45, 7) is 4.88. The zero-order chi connectivity index (χ0) is 10.8. The lowest BCUT2D eigenvalue weighted by Gasteiger charge is -2.14. The van der Waals surface area contributed by atoms with Gasteiger partial charge in [-0.15, -0.1) is 0 Å². The van der Waals surface area contributed by atoms with Gasteiger partial charge in [0.1, 0.15) is 6.54 Å². The summed E-state index contributed by atoms with van der Waals surface area (Å²) in [5.41, 5.74) is 0. The molecule has 0 radical (unpaired) electrons. The van der Waals surface area contributed by atoms with E-state index in [0.29, 0.717) is 12.5 Å². The highest BCUT2D eigenvalue weighted by molar-refractivity contribution is 6.14. The summed E-state index contributed by atoms with van der Waals surface area (Å²) in [4.78, 5) is 13.2. The highest BCUT2D eigenvalue weighted by Gasteiger charge is 2.09. The Labute approximate surface area is 91.3 Å². The maximum atomic E-state index is 11.0. The Hall–Kier alpha value is -0.280. The van der Waals surface area contributed by atoms with Crippen molar-refractivity contribution in [2.24, 2.45) is 5.92 Å². The number of rotatable bonds is 8. The van der Waals surface area contributed by atoms with Crippen LogP contribution in [0.3, 0.4) is 0 Å². The molecule has 0 spiro atoms. The molecule has 0 aliphatic heterocycles. The molecule has 3 nitrogen and oxygen atoms in total. The van der Waals surface area contributed by atoms with Crippen molar-refractivity contribution >= 4 is 17.7 Å². The van der Waals surface area contributed by atoms with Crippen LogP contribution in [0.25, 0.3) is 0 Å². The first-order chi connectivity index (χ1) is 6.74. The second-order valence-corrected chi connectivity index (χ2v) is 3.68. The van der Waals surface area contributed by atoms with Gasteiger partial charge in [-0.25, -0.2) is 4.84 Å². The van der Waals surface area contributed by atoms with Gasteiger partial charge in [0.25, 0.3) is 0 Å². The lowest BCUT2D eigenvalue weighted by atomic mass is 10.0. The van der Waals surface area contributed by atoms with Gasteiger partial charge in [0.15, 0.2) is 0 Å². The molecular formula is C10H20ClNO2. The number of esters is 1. The number of carbonyl (C=O) groups excluding carboxylic acids is 1. The van der Waals surface area contributed by atoms with Crippen molar-refractivity contribution in [3.8, 4) is 0 Å². The van der Waals surface area contributed by atoms with E-state index >= 15 is 0 Å². The molecule has 0 saturated carbocycles. The first-order valence-corrected chi connectivity index (χ1v) is 5.61. The maximum absolute atomic E-state index is 11.0. The van der Waals surface area contributed by atoms with Crippen LogP contribution < -0.4 is 4.84 Å².